The summed E-state index contributed by atoms with van der Waals surface area (Å²) in [5.41, 5.74) is 5.36. The van der Waals surface area contributed by atoms with Gasteiger partial charge in [0.15, 0.2) is 0 Å². The molecule has 1 aliphatic heterocycles. The highest BCUT2D eigenvalue weighted by Gasteiger charge is 2.27. The van der Waals surface area contributed by atoms with Gasteiger partial charge in [-0.3, -0.25) is 4.79 Å². The highest BCUT2D eigenvalue weighted by molar-refractivity contribution is 6.30. The maximum absolute atomic E-state index is 13.1. The topological polar surface area (TPSA) is 59.0 Å². The molecule has 0 saturated carbocycles. The molecular formula is C26H21ClN4O. The van der Waals surface area contributed by atoms with Crippen LogP contribution in [0.15, 0.2) is 91.1 Å². The highest BCUT2D eigenvalue weighted by Crippen LogP contribution is 2.35. The molecule has 5 rings (SSSR count). The molecule has 6 heteroatoms. The second-order valence-corrected chi connectivity index (χ2v) is 8.18. The summed E-state index contributed by atoms with van der Waals surface area (Å²) in [6, 6.07) is 25.2. The van der Waals surface area contributed by atoms with Gasteiger partial charge in [0.1, 0.15) is 11.4 Å². The molecule has 0 radical (unpaired) electrons. The van der Waals surface area contributed by atoms with E-state index in [9.17, 15) is 4.79 Å². The molecule has 1 aromatic heterocycles. The van der Waals surface area contributed by atoms with Gasteiger partial charge in [-0.05, 0) is 48.4 Å². The fourth-order valence-corrected chi connectivity index (χ4v) is 3.91. The molecule has 3 aromatic carbocycles. The van der Waals surface area contributed by atoms with E-state index in [1.165, 1.54) is 5.56 Å². The zero-order valence-corrected chi connectivity index (χ0v) is 18.2. The van der Waals surface area contributed by atoms with Crippen molar-refractivity contribution in [2.45, 2.75) is 13.0 Å². The van der Waals surface area contributed by atoms with Gasteiger partial charge in [0, 0.05) is 16.4 Å². The SMILES string of the molecule is Cc1ccc(C2C=C(c3ccc(Cl)cc3)Nc3c(C(=O)Nc4ccccc4)cnn32)cc1. The Balaban J connectivity index is 1.56. The summed E-state index contributed by atoms with van der Waals surface area (Å²) in [4.78, 5) is 13.1. The molecule has 0 bridgehead atoms. The highest BCUT2D eigenvalue weighted by atomic mass is 35.5. The smallest absolute Gasteiger partial charge is 0.261 e. The van der Waals surface area contributed by atoms with Crippen molar-refractivity contribution in [3.05, 3.63) is 118 Å². The second-order valence-electron chi connectivity index (χ2n) is 7.74. The van der Waals surface area contributed by atoms with Crippen LogP contribution >= 0.6 is 11.6 Å². The number of aromatic nitrogens is 2. The predicted octanol–water partition coefficient (Wildman–Crippen LogP) is 6.15. The Bertz CT molecular complexity index is 1290. The third kappa shape index (κ3) is 3.90. The first-order valence-electron chi connectivity index (χ1n) is 10.3. The molecule has 4 aromatic rings. The van der Waals surface area contributed by atoms with E-state index in [1.54, 1.807) is 6.20 Å². The molecule has 2 heterocycles. The van der Waals surface area contributed by atoms with Gasteiger partial charge >= 0.3 is 0 Å². The van der Waals surface area contributed by atoms with E-state index in [0.717, 1.165) is 22.5 Å². The van der Waals surface area contributed by atoms with Crippen molar-refractivity contribution in [3.63, 3.8) is 0 Å². The van der Waals surface area contributed by atoms with E-state index in [4.69, 9.17) is 11.6 Å². The first-order valence-corrected chi connectivity index (χ1v) is 10.7. The predicted molar refractivity (Wildman–Crippen MR) is 129 cm³/mol. The lowest BCUT2D eigenvalue weighted by molar-refractivity contribution is 0.102. The molecule has 32 heavy (non-hydrogen) atoms. The van der Waals surface area contributed by atoms with Crippen molar-refractivity contribution < 1.29 is 4.79 Å². The number of rotatable bonds is 4. The summed E-state index contributed by atoms with van der Waals surface area (Å²) < 4.78 is 1.85. The Morgan fingerprint density at radius 2 is 1.72 bits per heavy atom. The number of para-hydroxylation sites is 1. The molecule has 1 atom stereocenters. The van der Waals surface area contributed by atoms with E-state index in [1.807, 2.05) is 59.3 Å². The van der Waals surface area contributed by atoms with Crippen LogP contribution in [0.25, 0.3) is 5.70 Å². The lowest BCUT2D eigenvalue weighted by Crippen LogP contribution is -2.22. The molecule has 0 saturated heterocycles. The lowest BCUT2D eigenvalue weighted by Gasteiger charge is -2.26. The summed E-state index contributed by atoms with van der Waals surface area (Å²) in [7, 11) is 0. The van der Waals surface area contributed by atoms with Gasteiger partial charge in [0.2, 0.25) is 0 Å². The molecule has 0 aliphatic carbocycles. The van der Waals surface area contributed by atoms with Crippen LogP contribution in [0, 0.1) is 6.92 Å². The lowest BCUT2D eigenvalue weighted by atomic mass is 10.00. The maximum Gasteiger partial charge on any atom is 0.261 e. The molecule has 2 N–H and O–H groups in total. The average molecular weight is 441 g/mol. The Morgan fingerprint density at radius 3 is 2.44 bits per heavy atom. The van der Waals surface area contributed by atoms with E-state index >= 15 is 0 Å². The van der Waals surface area contributed by atoms with Gasteiger partial charge in [0.25, 0.3) is 5.91 Å². The zero-order chi connectivity index (χ0) is 22.1. The normalized spacial score (nSPS) is 14.8. The number of anilines is 2. The van der Waals surface area contributed by atoms with Gasteiger partial charge in [0.05, 0.1) is 12.2 Å². The van der Waals surface area contributed by atoms with Crippen molar-refractivity contribution in [1.29, 1.82) is 0 Å². The number of hydrogen-bond acceptors (Lipinski definition) is 3. The molecule has 1 amide bonds. The van der Waals surface area contributed by atoms with Crippen LogP contribution in [-0.4, -0.2) is 15.7 Å². The van der Waals surface area contributed by atoms with Crippen LogP contribution in [0.3, 0.4) is 0 Å². The van der Waals surface area contributed by atoms with E-state index in [2.05, 4.69) is 53.0 Å². The fraction of sp³-hybridized carbons (Fsp3) is 0.0769. The van der Waals surface area contributed by atoms with Crippen molar-refractivity contribution in [2.24, 2.45) is 0 Å². The Morgan fingerprint density at radius 1 is 1.00 bits per heavy atom. The van der Waals surface area contributed by atoms with Gasteiger partial charge in [-0.2, -0.15) is 5.10 Å². The van der Waals surface area contributed by atoms with E-state index in [-0.39, 0.29) is 11.9 Å². The first kappa shape index (κ1) is 20.1. The number of amides is 1. The number of halogens is 1. The number of allylic oxidation sites excluding steroid dienone is 1. The van der Waals surface area contributed by atoms with Crippen molar-refractivity contribution in [1.82, 2.24) is 9.78 Å². The average Bonchev–Trinajstić information content (AvgIpc) is 3.24. The number of nitrogens with one attached hydrogen (secondary N) is 2. The number of hydrogen-bond donors (Lipinski definition) is 2. The number of carbonyl (C=O) groups excluding carboxylic acids is 1. The minimum atomic E-state index is -0.218. The standard InChI is InChI=1S/C26H21ClN4O/c1-17-7-9-19(10-8-17)24-15-23(18-11-13-20(27)14-12-18)30-25-22(16-28-31(24)25)26(32)29-21-5-3-2-4-6-21/h2-16,24,30H,1H3,(H,29,32). The Labute approximate surface area is 191 Å². The first-order chi connectivity index (χ1) is 15.6. The van der Waals surface area contributed by atoms with Crippen LogP contribution < -0.4 is 10.6 Å². The van der Waals surface area contributed by atoms with Gasteiger partial charge in [-0.15, -0.1) is 0 Å². The summed E-state index contributed by atoms with van der Waals surface area (Å²) in [6.45, 7) is 2.06. The Kier molecular flexibility index (Phi) is 5.25. The van der Waals surface area contributed by atoms with Gasteiger partial charge in [-0.25, -0.2) is 4.68 Å². The molecular weight excluding hydrogens is 420 g/mol. The number of fused-ring (bicyclic) bond motifs is 1. The fourth-order valence-electron chi connectivity index (χ4n) is 3.78. The molecule has 0 fully saturated rings. The third-order valence-corrected chi connectivity index (χ3v) is 5.74. The van der Waals surface area contributed by atoms with Crippen LogP contribution in [-0.2, 0) is 0 Å². The van der Waals surface area contributed by atoms with Gasteiger partial charge < -0.3 is 10.6 Å². The number of nitrogens with zero attached hydrogens (tertiary/aromatic N) is 2. The van der Waals surface area contributed by atoms with Crippen molar-refractivity contribution >= 4 is 34.7 Å². The minimum absolute atomic E-state index is 0.157. The van der Waals surface area contributed by atoms with Crippen LogP contribution in [0.5, 0.6) is 0 Å². The summed E-state index contributed by atoms with van der Waals surface area (Å²) in [6.07, 6.45) is 3.73. The molecule has 0 spiro atoms. The maximum atomic E-state index is 13.1. The summed E-state index contributed by atoms with van der Waals surface area (Å²) >= 11 is 6.09. The van der Waals surface area contributed by atoms with Crippen molar-refractivity contribution in [2.75, 3.05) is 10.6 Å². The minimum Gasteiger partial charge on any atom is -0.339 e. The Hall–Kier alpha value is -3.83. The largest absolute Gasteiger partial charge is 0.339 e. The van der Waals surface area contributed by atoms with Crippen LogP contribution in [0.1, 0.15) is 33.1 Å². The van der Waals surface area contributed by atoms with E-state index < -0.39 is 0 Å². The third-order valence-electron chi connectivity index (χ3n) is 5.49. The summed E-state index contributed by atoms with van der Waals surface area (Å²) in [5.74, 6) is 0.432. The molecule has 158 valence electrons. The second kappa shape index (κ2) is 8.36. The summed E-state index contributed by atoms with van der Waals surface area (Å²) in [5, 5.41) is 11.6. The van der Waals surface area contributed by atoms with Gasteiger partial charge in [-0.1, -0.05) is 71.8 Å². The van der Waals surface area contributed by atoms with Crippen molar-refractivity contribution in [3.8, 4) is 0 Å². The quantitative estimate of drug-likeness (QED) is 0.400. The molecule has 5 nitrogen and oxygen atoms in total. The number of carbonyl (C=O) groups is 1. The van der Waals surface area contributed by atoms with Crippen LogP contribution in [0.2, 0.25) is 5.02 Å². The monoisotopic (exact) mass is 440 g/mol. The number of aryl methyl sites for hydroxylation is 1. The van der Waals surface area contributed by atoms with Crippen LogP contribution in [0.4, 0.5) is 11.5 Å². The van der Waals surface area contributed by atoms with E-state index in [0.29, 0.717) is 16.4 Å². The molecule has 1 unspecified atom stereocenters. The molecule has 1 aliphatic rings. The number of benzene rings is 3. The zero-order valence-electron chi connectivity index (χ0n) is 17.4.